The van der Waals surface area contributed by atoms with Crippen LogP contribution < -0.4 is 5.32 Å². The number of carboxylic acid groups (broad SMARTS) is 1. The quantitative estimate of drug-likeness (QED) is 0.674. The highest BCUT2D eigenvalue weighted by Crippen LogP contribution is 2.13. The molecule has 18 heavy (non-hydrogen) atoms. The number of amides is 1. The Morgan fingerprint density at radius 2 is 2.11 bits per heavy atom. The third kappa shape index (κ3) is 3.95. The van der Waals surface area contributed by atoms with Crippen LogP contribution in [0.25, 0.3) is 0 Å². The van der Waals surface area contributed by atoms with Crippen LogP contribution in [0.1, 0.15) is 26.2 Å². The van der Waals surface area contributed by atoms with Gasteiger partial charge in [0.1, 0.15) is 6.04 Å². The van der Waals surface area contributed by atoms with E-state index in [-0.39, 0.29) is 18.7 Å². The molecule has 8 heteroatoms. The second-order valence-electron chi connectivity index (χ2n) is 4.19. The third-order valence-electron chi connectivity index (χ3n) is 2.83. The fourth-order valence-corrected chi connectivity index (χ4v) is 3.30. The summed E-state index contributed by atoms with van der Waals surface area (Å²) in [6.07, 6.45) is 0.864. The topological polar surface area (TPSA) is 104 Å². The zero-order valence-corrected chi connectivity index (χ0v) is 11.1. The van der Waals surface area contributed by atoms with Crippen molar-refractivity contribution in [3.05, 3.63) is 0 Å². The van der Waals surface area contributed by atoms with E-state index < -0.39 is 27.9 Å². The number of aliphatic carboxylic acids is 1. The standard InChI is InChI=1S/C10H18N2O5S/c1-2-8(10(14)15)11-9(13)4-6-12-5-3-7-18(12,16)17/h8H,2-7H2,1H3,(H,11,13)(H,14,15). The average molecular weight is 278 g/mol. The lowest BCUT2D eigenvalue weighted by Crippen LogP contribution is -2.41. The summed E-state index contributed by atoms with van der Waals surface area (Å²) < 4.78 is 24.2. The van der Waals surface area contributed by atoms with Crippen molar-refractivity contribution in [2.75, 3.05) is 18.8 Å². The fraction of sp³-hybridized carbons (Fsp3) is 0.800. The molecule has 1 saturated heterocycles. The Hall–Kier alpha value is -1.15. The molecule has 1 rings (SSSR count). The van der Waals surface area contributed by atoms with Gasteiger partial charge in [-0.2, -0.15) is 0 Å². The van der Waals surface area contributed by atoms with Gasteiger partial charge in [0, 0.05) is 19.5 Å². The summed E-state index contributed by atoms with van der Waals surface area (Å²) >= 11 is 0. The van der Waals surface area contributed by atoms with Gasteiger partial charge in [-0.05, 0) is 12.8 Å². The van der Waals surface area contributed by atoms with E-state index in [1.54, 1.807) is 6.92 Å². The molecule has 1 heterocycles. The molecule has 1 aliphatic heterocycles. The largest absolute Gasteiger partial charge is 0.480 e. The summed E-state index contributed by atoms with van der Waals surface area (Å²) in [5, 5.41) is 11.1. The lowest BCUT2D eigenvalue weighted by Gasteiger charge is -2.15. The normalized spacial score (nSPS) is 20.5. The number of rotatable bonds is 6. The fourth-order valence-electron chi connectivity index (χ4n) is 1.77. The van der Waals surface area contributed by atoms with E-state index in [4.69, 9.17) is 5.11 Å². The van der Waals surface area contributed by atoms with E-state index >= 15 is 0 Å². The Bertz CT molecular complexity index is 420. The predicted octanol–water partition coefficient (Wildman–Crippen LogP) is -0.609. The van der Waals surface area contributed by atoms with Crippen LogP contribution in [0.15, 0.2) is 0 Å². The van der Waals surface area contributed by atoms with Crippen molar-refractivity contribution in [1.29, 1.82) is 0 Å². The molecule has 1 amide bonds. The monoisotopic (exact) mass is 278 g/mol. The Labute approximate surface area is 106 Å². The Kier molecular flexibility index (Phi) is 5.09. The predicted molar refractivity (Wildman–Crippen MR) is 64.5 cm³/mol. The van der Waals surface area contributed by atoms with Gasteiger partial charge in [-0.15, -0.1) is 0 Å². The van der Waals surface area contributed by atoms with Gasteiger partial charge in [0.15, 0.2) is 0 Å². The number of carbonyl (C=O) groups excluding carboxylic acids is 1. The molecule has 1 fully saturated rings. The van der Waals surface area contributed by atoms with Crippen molar-refractivity contribution < 1.29 is 23.1 Å². The van der Waals surface area contributed by atoms with E-state index in [1.807, 2.05) is 0 Å². The molecule has 7 nitrogen and oxygen atoms in total. The first-order valence-electron chi connectivity index (χ1n) is 5.87. The molecule has 0 aromatic carbocycles. The van der Waals surface area contributed by atoms with Crippen LogP contribution in [0.3, 0.4) is 0 Å². The van der Waals surface area contributed by atoms with Crippen LogP contribution in [-0.2, 0) is 19.6 Å². The van der Waals surface area contributed by atoms with Crippen LogP contribution in [0.4, 0.5) is 0 Å². The molecule has 0 radical (unpaired) electrons. The van der Waals surface area contributed by atoms with E-state index in [1.165, 1.54) is 4.31 Å². The van der Waals surface area contributed by atoms with Crippen molar-refractivity contribution in [2.24, 2.45) is 0 Å². The minimum absolute atomic E-state index is 0.0109. The van der Waals surface area contributed by atoms with Gasteiger partial charge < -0.3 is 10.4 Å². The van der Waals surface area contributed by atoms with Gasteiger partial charge in [0.25, 0.3) is 0 Å². The molecule has 0 aromatic rings. The first-order chi connectivity index (χ1) is 8.36. The maximum atomic E-state index is 11.5. The number of carbonyl (C=O) groups is 2. The minimum Gasteiger partial charge on any atom is -0.480 e. The highest BCUT2D eigenvalue weighted by Gasteiger charge is 2.28. The van der Waals surface area contributed by atoms with Crippen LogP contribution in [-0.4, -0.2) is 54.6 Å². The summed E-state index contributed by atoms with van der Waals surface area (Å²) in [6.45, 7) is 2.21. The molecule has 1 unspecified atom stereocenters. The van der Waals surface area contributed by atoms with Gasteiger partial charge in [-0.25, -0.2) is 17.5 Å². The van der Waals surface area contributed by atoms with E-state index in [9.17, 15) is 18.0 Å². The molecule has 0 bridgehead atoms. The van der Waals surface area contributed by atoms with Crippen molar-refractivity contribution in [1.82, 2.24) is 9.62 Å². The van der Waals surface area contributed by atoms with Crippen molar-refractivity contribution >= 4 is 21.9 Å². The average Bonchev–Trinajstić information content (AvgIpc) is 2.62. The van der Waals surface area contributed by atoms with E-state index in [0.717, 1.165) is 0 Å². The van der Waals surface area contributed by atoms with Crippen LogP contribution in [0, 0.1) is 0 Å². The van der Waals surface area contributed by atoms with Gasteiger partial charge in [-0.3, -0.25) is 4.79 Å². The zero-order chi connectivity index (χ0) is 13.8. The van der Waals surface area contributed by atoms with Crippen molar-refractivity contribution in [3.63, 3.8) is 0 Å². The number of nitrogens with one attached hydrogen (secondary N) is 1. The van der Waals surface area contributed by atoms with Gasteiger partial charge in [0.2, 0.25) is 15.9 Å². The van der Waals surface area contributed by atoms with E-state index in [2.05, 4.69) is 5.32 Å². The molecule has 0 saturated carbocycles. The number of nitrogens with zero attached hydrogens (tertiary/aromatic N) is 1. The molecule has 2 N–H and O–H groups in total. The van der Waals surface area contributed by atoms with Crippen LogP contribution in [0.5, 0.6) is 0 Å². The lowest BCUT2D eigenvalue weighted by atomic mass is 10.2. The molecule has 0 aromatic heterocycles. The van der Waals surface area contributed by atoms with Crippen molar-refractivity contribution in [2.45, 2.75) is 32.2 Å². The molecular formula is C10H18N2O5S. The molecule has 104 valence electrons. The highest BCUT2D eigenvalue weighted by atomic mass is 32.2. The Balaban J connectivity index is 2.40. The van der Waals surface area contributed by atoms with Crippen LogP contribution >= 0.6 is 0 Å². The zero-order valence-electron chi connectivity index (χ0n) is 10.3. The molecule has 0 spiro atoms. The maximum Gasteiger partial charge on any atom is 0.326 e. The Morgan fingerprint density at radius 1 is 1.44 bits per heavy atom. The van der Waals surface area contributed by atoms with Gasteiger partial charge in [0.05, 0.1) is 5.75 Å². The molecule has 0 aliphatic carbocycles. The second kappa shape index (κ2) is 6.14. The SMILES string of the molecule is CCC(NC(=O)CCN1CCCS1(=O)=O)C(=O)O. The Morgan fingerprint density at radius 3 is 2.56 bits per heavy atom. The molecular weight excluding hydrogens is 260 g/mol. The smallest absolute Gasteiger partial charge is 0.326 e. The second-order valence-corrected chi connectivity index (χ2v) is 6.27. The third-order valence-corrected chi connectivity index (χ3v) is 4.79. The summed E-state index contributed by atoms with van der Waals surface area (Å²) in [6, 6.07) is -0.910. The maximum absolute atomic E-state index is 11.5. The van der Waals surface area contributed by atoms with Crippen LogP contribution in [0.2, 0.25) is 0 Å². The highest BCUT2D eigenvalue weighted by molar-refractivity contribution is 7.89. The number of hydrogen-bond acceptors (Lipinski definition) is 4. The summed E-state index contributed by atoms with van der Waals surface area (Å²) in [7, 11) is -3.20. The lowest BCUT2D eigenvalue weighted by molar-refractivity contribution is -0.141. The van der Waals surface area contributed by atoms with Gasteiger partial charge in [-0.1, -0.05) is 6.92 Å². The van der Waals surface area contributed by atoms with Crippen molar-refractivity contribution in [3.8, 4) is 0 Å². The minimum atomic E-state index is -3.20. The summed E-state index contributed by atoms with van der Waals surface area (Å²) in [4.78, 5) is 22.2. The van der Waals surface area contributed by atoms with Gasteiger partial charge >= 0.3 is 5.97 Å². The number of sulfonamides is 1. The summed E-state index contributed by atoms with van der Waals surface area (Å²) in [5.41, 5.74) is 0. The number of carboxylic acids is 1. The first kappa shape index (κ1) is 14.9. The van der Waals surface area contributed by atoms with E-state index in [0.29, 0.717) is 19.4 Å². The summed E-state index contributed by atoms with van der Waals surface area (Å²) in [5.74, 6) is -1.40. The number of hydrogen-bond donors (Lipinski definition) is 2. The first-order valence-corrected chi connectivity index (χ1v) is 7.47. The molecule has 1 atom stereocenters. The molecule has 1 aliphatic rings.